The van der Waals surface area contributed by atoms with Gasteiger partial charge in [0.15, 0.2) is 5.96 Å². The van der Waals surface area contributed by atoms with Crippen LogP contribution in [-0.2, 0) is 0 Å². The van der Waals surface area contributed by atoms with Gasteiger partial charge in [-0.3, -0.25) is 4.99 Å². The standard InChI is InChI=1S/C17H25F3N4.HI/c1-13-5-7-15(8-6-13)24-11-3-4-14(12-24)23-16(21-2)22-10-9-17(18,19)20;/h5-8,14H,3-4,9-12H2,1-2H3,(H2,21,22,23);1H. The summed E-state index contributed by atoms with van der Waals surface area (Å²) in [5.41, 5.74) is 2.40. The molecule has 0 aromatic heterocycles. The number of halogens is 4. The van der Waals surface area contributed by atoms with E-state index in [1.807, 2.05) is 0 Å². The zero-order chi connectivity index (χ0) is 17.6. The summed E-state index contributed by atoms with van der Waals surface area (Å²) in [4.78, 5) is 6.31. The van der Waals surface area contributed by atoms with Crippen molar-refractivity contribution in [3.8, 4) is 0 Å². The first kappa shape index (κ1) is 21.9. The summed E-state index contributed by atoms with van der Waals surface area (Å²) >= 11 is 0. The smallest absolute Gasteiger partial charge is 0.369 e. The molecule has 0 aliphatic carbocycles. The van der Waals surface area contributed by atoms with Crippen LogP contribution in [0.4, 0.5) is 18.9 Å². The highest BCUT2D eigenvalue weighted by Gasteiger charge is 2.26. The number of alkyl halides is 3. The Balaban J connectivity index is 0.00000312. The second-order valence-corrected chi connectivity index (χ2v) is 6.13. The van der Waals surface area contributed by atoms with E-state index in [9.17, 15) is 13.2 Å². The Labute approximate surface area is 164 Å². The zero-order valence-corrected chi connectivity index (χ0v) is 16.9. The average Bonchev–Trinajstić information content (AvgIpc) is 2.54. The second kappa shape index (κ2) is 10.1. The first-order valence-electron chi connectivity index (χ1n) is 8.23. The maximum Gasteiger partial charge on any atom is 0.390 e. The molecular weight excluding hydrogens is 444 g/mol. The molecule has 1 aliphatic rings. The average molecular weight is 470 g/mol. The number of nitrogens with zero attached hydrogens (tertiary/aromatic N) is 2. The van der Waals surface area contributed by atoms with Gasteiger partial charge in [0.2, 0.25) is 0 Å². The molecule has 1 aromatic rings. The van der Waals surface area contributed by atoms with Crippen molar-refractivity contribution >= 4 is 35.6 Å². The molecule has 0 radical (unpaired) electrons. The Kier molecular flexibility index (Phi) is 8.81. The molecule has 0 bridgehead atoms. The molecule has 0 saturated carbocycles. The summed E-state index contributed by atoms with van der Waals surface area (Å²) in [6.07, 6.45) is -3.01. The summed E-state index contributed by atoms with van der Waals surface area (Å²) in [5.74, 6) is 0.426. The van der Waals surface area contributed by atoms with Crippen molar-refractivity contribution in [2.45, 2.75) is 38.4 Å². The van der Waals surface area contributed by atoms with Gasteiger partial charge in [-0.25, -0.2) is 0 Å². The van der Waals surface area contributed by atoms with E-state index in [2.05, 4.69) is 51.7 Å². The van der Waals surface area contributed by atoms with Crippen molar-refractivity contribution < 1.29 is 13.2 Å². The van der Waals surface area contributed by atoms with Crippen LogP contribution in [0, 0.1) is 6.92 Å². The van der Waals surface area contributed by atoms with Crippen molar-refractivity contribution in [1.29, 1.82) is 0 Å². The minimum atomic E-state index is -4.15. The maximum absolute atomic E-state index is 12.2. The maximum atomic E-state index is 12.2. The lowest BCUT2D eigenvalue weighted by Gasteiger charge is -2.35. The van der Waals surface area contributed by atoms with E-state index < -0.39 is 12.6 Å². The summed E-state index contributed by atoms with van der Waals surface area (Å²) in [6, 6.07) is 8.55. The van der Waals surface area contributed by atoms with Crippen LogP contribution in [0.2, 0.25) is 0 Å². The molecule has 1 fully saturated rings. The minimum Gasteiger partial charge on any atom is -0.369 e. The van der Waals surface area contributed by atoms with Gasteiger partial charge in [0.05, 0.1) is 6.42 Å². The predicted octanol–water partition coefficient (Wildman–Crippen LogP) is 3.70. The zero-order valence-electron chi connectivity index (χ0n) is 14.6. The summed E-state index contributed by atoms with van der Waals surface area (Å²) in [7, 11) is 1.57. The largest absolute Gasteiger partial charge is 0.390 e. The molecule has 4 nitrogen and oxygen atoms in total. The highest BCUT2D eigenvalue weighted by Crippen LogP contribution is 2.20. The van der Waals surface area contributed by atoms with Crippen LogP contribution in [0.3, 0.4) is 0 Å². The number of anilines is 1. The van der Waals surface area contributed by atoms with Crippen molar-refractivity contribution in [1.82, 2.24) is 10.6 Å². The topological polar surface area (TPSA) is 39.7 Å². The van der Waals surface area contributed by atoms with Crippen LogP contribution in [0.25, 0.3) is 0 Å². The molecule has 2 N–H and O–H groups in total. The van der Waals surface area contributed by atoms with Crippen LogP contribution >= 0.6 is 24.0 Å². The van der Waals surface area contributed by atoms with E-state index in [0.29, 0.717) is 5.96 Å². The first-order chi connectivity index (χ1) is 11.4. The number of guanidine groups is 1. The molecular formula is C17H26F3IN4. The van der Waals surface area contributed by atoms with Gasteiger partial charge in [0.1, 0.15) is 0 Å². The van der Waals surface area contributed by atoms with Gasteiger partial charge in [-0.05, 0) is 31.9 Å². The summed E-state index contributed by atoms with van der Waals surface area (Å²) < 4.78 is 36.7. The number of hydrogen-bond donors (Lipinski definition) is 2. The van der Waals surface area contributed by atoms with E-state index in [0.717, 1.165) is 25.9 Å². The third kappa shape index (κ3) is 7.70. The molecule has 1 saturated heterocycles. The molecule has 2 rings (SSSR count). The van der Waals surface area contributed by atoms with E-state index >= 15 is 0 Å². The van der Waals surface area contributed by atoms with Crippen LogP contribution in [0.1, 0.15) is 24.8 Å². The Morgan fingerprint density at radius 1 is 1.28 bits per heavy atom. The summed E-state index contributed by atoms with van der Waals surface area (Å²) in [5, 5.41) is 5.97. The number of benzene rings is 1. The lowest BCUT2D eigenvalue weighted by atomic mass is 10.0. The molecule has 1 aromatic carbocycles. The van der Waals surface area contributed by atoms with Gasteiger partial charge in [-0.1, -0.05) is 17.7 Å². The van der Waals surface area contributed by atoms with Crippen LogP contribution in [0.5, 0.6) is 0 Å². The first-order valence-corrected chi connectivity index (χ1v) is 8.23. The van der Waals surface area contributed by atoms with Gasteiger partial charge in [0, 0.05) is 38.4 Å². The molecule has 1 aliphatic heterocycles. The Morgan fingerprint density at radius 3 is 2.56 bits per heavy atom. The van der Waals surface area contributed by atoms with E-state index in [1.165, 1.54) is 11.3 Å². The summed E-state index contributed by atoms with van der Waals surface area (Å²) in [6.45, 7) is 3.68. The number of hydrogen-bond acceptors (Lipinski definition) is 2. The minimum absolute atomic E-state index is 0. The van der Waals surface area contributed by atoms with Gasteiger partial charge in [-0.15, -0.1) is 24.0 Å². The van der Waals surface area contributed by atoms with E-state index in [1.54, 1.807) is 7.05 Å². The van der Waals surface area contributed by atoms with Crippen LogP contribution < -0.4 is 15.5 Å². The van der Waals surface area contributed by atoms with Crippen molar-refractivity contribution in [3.05, 3.63) is 29.8 Å². The van der Waals surface area contributed by atoms with Gasteiger partial charge < -0.3 is 15.5 Å². The van der Waals surface area contributed by atoms with Gasteiger partial charge in [-0.2, -0.15) is 13.2 Å². The molecule has 142 valence electrons. The van der Waals surface area contributed by atoms with E-state index in [-0.39, 0.29) is 36.6 Å². The quantitative estimate of drug-likeness (QED) is 0.401. The molecule has 0 spiro atoms. The SMILES string of the molecule is CN=C(NCCC(F)(F)F)NC1CCCN(c2ccc(C)cc2)C1.I. The number of piperidine rings is 1. The fraction of sp³-hybridized carbons (Fsp3) is 0.588. The van der Waals surface area contributed by atoms with Crippen molar-refractivity contribution in [2.75, 3.05) is 31.6 Å². The fourth-order valence-electron chi connectivity index (χ4n) is 2.80. The second-order valence-electron chi connectivity index (χ2n) is 6.13. The number of nitrogens with one attached hydrogen (secondary N) is 2. The highest BCUT2D eigenvalue weighted by atomic mass is 127. The Morgan fingerprint density at radius 2 is 1.96 bits per heavy atom. The van der Waals surface area contributed by atoms with E-state index in [4.69, 9.17) is 0 Å². The third-order valence-electron chi connectivity index (χ3n) is 4.09. The highest BCUT2D eigenvalue weighted by molar-refractivity contribution is 14.0. The number of rotatable bonds is 4. The fourth-order valence-corrected chi connectivity index (χ4v) is 2.80. The molecule has 8 heteroatoms. The molecule has 1 unspecified atom stereocenters. The number of aryl methyl sites for hydroxylation is 1. The van der Waals surface area contributed by atoms with Crippen molar-refractivity contribution in [3.63, 3.8) is 0 Å². The monoisotopic (exact) mass is 470 g/mol. The molecule has 1 atom stereocenters. The predicted molar refractivity (Wildman–Crippen MR) is 107 cm³/mol. The van der Waals surface area contributed by atoms with Crippen LogP contribution in [-0.4, -0.2) is 44.9 Å². The third-order valence-corrected chi connectivity index (χ3v) is 4.09. The Hall–Kier alpha value is -1.19. The Bertz CT molecular complexity index is 546. The van der Waals surface area contributed by atoms with Crippen molar-refractivity contribution in [2.24, 2.45) is 4.99 Å². The molecule has 1 heterocycles. The van der Waals surface area contributed by atoms with Gasteiger partial charge in [0.25, 0.3) is 0 Å². The normalized spacial score (nSPS) is 18.5. The van der Waals surface area contributed by atoms with Crippen LogP contribution in [0.15, 0.2) is 29.3 Å². The molecule has 0 amide bonds. The number of aliphatic imine (C=N–C) groups is 1. The lowest BCUT2D eigenvalue weighted by molar-refractivity contribution is -0.132. The molecule has 25 heavy (non-hydrogen) atoms. The lowest BCUT2D eigenvalue weighted by Crippen LogP contribution is -2.51. The van der Waals surface area contributed by atoms with Gasteiger partial charge >= 0.3 is 6.18 Å².